The number of benzene rings is 3. The van der Waals surface area contributed by atoms with Crippen LogP contribution < -0.4 is 36.2 Å². The van der Waals surface area contributed by atoms with Gasteiger partial charge in [-0.1, -0.05) is 19.1 Å². The number of methoxy groups -OCH3 is 1. The zero-order valence-electron chi connectivity index (χ0n) is 38.4. The molecule has 3 saturated heterocycles. The van der Waals surface area contributed by atoms with Gasteiger partial charge in [-0.15, -0.1) is 0 Å². The Morgan fingerprint density at radius 3 is 2.35 bits per heavy atom. The number of halogens is 1. The van der Waals surface area contributed by atoms with Gasteiger partial charge in [0.05, 0.1) is 39.7 Å². The van der Waals surface area contributed by atoms with E-state index in [-0.39, 0.29) is 17.7 Å². The molecule has 4 N–H and O–H groups in total. The molecule has 4 aliphatic rings. The van der Waals surface area contributed by atoms with Crippen LogP contribution in [0.25, 0.3) is 11.0 Å². The fourth-order valence-electron chi connectivity index (χ4n) is 10.3. The lowest BCUT2D eigenvalue weighted by atomic mass is 9.74. The van der Waals surface area contributed by atoms with Crippen LogP contribution in [0.4, 0.5) is 34.5 Å². The molecular formula is C49H61BrN11O4P. The molecule has 9 rings (SSSR count). The number of aromatic nitrogens is 4. The normalized spacial score (nSPS) is 21.0. The molecule has 2 amide bonds. The molecule has 4 fully saturated rings. The minimum Gasteiger partial charge on any atom is -0.494 e. The van der Waals surface area contributed by atoms with Crippen molar-refractivity contribution in [3.8, 4) is 5.75 Å². The van der Waals surface area contributed by atoms with Crippen molar-refractivity contribution in [1.82, 2.24) is 35.1 Å². The first-order valence-electron chi connectivity index (χ1n) is 23.4. The summed E-state index contributed by atoms with van der Waals surface area (Å²) in [5, 5.41) is 13.5. The molecule has 1 atom stereocenters. The zero-order valence-corrected chi connectivity index (χ0v) is 40.8. The number of hydrogen-bond acceptors (Lipinski definition) is 14. The zero-order chi connectivity index (χ0) is 46.0. The maximum Gasteiger partial charge on any atom is 0.234 e. The highest BCUT2D eigenvalue weighted by Crippen LogP contribution is 2.42. The number of nitrogens with zero attached hydrogens (tertiary/aromatic N) is 7. The fraction of sp³-hybridized carbons (Fsp3) is 0.469. The first-order chi connectivity index (χ1) is 31.9. The summed E-state index contributed by atoms with van der Waals surface area (Å²) in [7, 11) is -1.06. The average Bonchev–Trinajstić information content (AvgIpc) is 3.30. The number of piperidine rings is 2. The molecule has 1 unspecified atom stereocenters. The van der Waals surface area contributed by atoms with Crippen LogP contribution in [0.1, 0.15) is 62.5 Å². The van der Waals surface area contributed by atoms with Crippen molar-refractivity contribution in [2.24, 2.45) is 11.8 Å². The van der Waals surface area contributed by atoms with E-state index in [0.717, 1.165) is 93.7 Å². The van der Waals surface area contributed by atoms with Gasteiger partial charge in [-0.05, 0) is 121 Å². The van der Waals surface area contributed by atoms with Gasteiger partial charge in [-0.3, -0.25) is 29.8 Å². The van der Waals surface area contributed by atoms with E-state index in [4.69, 9.17) is 9.72 Å². The van der Waals surface area contributed by atoms with E-state index < -0.39 is 7.14 Å². The monoisotopic (exact) mass is 977 g/mol. The van der Waals surface area contributed by atoms with Crippen LogP contribution in [0.2, 0.25) is 0 Å². The standard InChI is InChI=1S/C49H61BrN11O4P/c1-5-33-26-41(56-49-54-29-38(50)47(58-49)55-40-12-11-39-45(52-17-16-51-39)46(40)66(3,4)64)43(65-2)27-42(33)61-18-14-36(15-19-61)60-22-20-59(21-23-60)30-32-24-31(25-32)28-53-35-8-6-34(7-9-35)37-10-13-44(62)57-48(37)63/h6-9,11-12,16-17,26-27,29,31-32,36-37,53H,5,10,13-15,18-25,28,30H2,1-4H3,(H,57,62,63)(H2,54,55,56,58). The van der Waals surface area contributed by atoms with Crippen molar-refractivity contribution in [2.45, 2.75) is 63.8 Å². The molecule has 348 valence electrons. The predicted molar refractivity (Wildman–Crippen MR) is 267 cm³/mol. The van der Waals surface area contributed by atoms with Gasteiger partial charge < -0.3 is 35.1 Å². The lowest BCUT2D eigenvalue weighted by molar-refractivity contribution is -0.134. The van der Waals surface area contributed by atoms with E-state index in [9.17, 15) is 14.2 Å². The largest absolute Gasteiger partial charge is 0.494 e. The van der Waals surface area contributed by atoms with E-state index in [2.05, 4.69) is 98.0 Å². The van der Waals surface area contributed by atoms with Crippen molar-refractivity contribution in [2.75, 3.05) is 93.6 Å². The number of rotatable bonds is 15. The maximum atomic E-state index is 13.5. The quantitative estimate of drug-likeness (QED) is 0.0594. The minimum absolute atomic E-state index is 0.177. The Kier molecular flexibility index (Phi) is 13.9. The van der Waals surface area contributed by atoms with Crippen LogP contribution in [0.15, 0.2) is 71.6 Å². The molecule has 17 heteroatoms. The highest BCUT2D eigenvalue weighted by molar-refractivity contribution is 9.10. The van der Waals surface area contributed by atoms with E-state index >= 15 is 0 Å². The van der Waals surface area contributed by atoms with Gasteiger partial charge in [-0.25, -0.2) is 4.98 Å². The van der Waals surface area contributed by atoms with Gasteiger partial charge in [-0.2, -0.15) is 4.98 Å². The van der Waals surface area contributed by atoms with Gasteiger partial charge in [0.2, 0.25) is 17.8 Å². The summed E-state index contributed by atoms with van der Waals surface area (Å²) >= 11 is 3.61. The van der Waals surface area contributed by atoms with Crippen LogP contribution >= 0.6 is 23.1 Å². The summed E-state index contributed by atoms with van der Waals surface area (Å²) in [6.07, 6.45) is 11.6. The van der Waals surface area contributed by atoms with Crippen LogP contribution in [0.5, 0.6) is 5.75 Å². The third-order valence-electron chi connectivity index (χ3n) is 13.9. The summed E-state index contributed by atoms with van der Waals surface area (Å²) in [5.74, 6) is 2.51. The highest BCUT2D eigenvalue weighted by Gasteiger charge is 2.34. The molecule has 0 spiro atoms. The van der Waals surface area contributed by atoms with Crippen molar-refractivity contribution in [1.29, 1.82) is 0 Å². The third-order valence-corrected chi connectivity index (χ3v) is 16.0. The average molecular weight is 979 g/mol. The van der Waals surface area contributed by atoms with Gasteiger partial charge in [0.25, 0.3) is 0 Å². The number of imide groups is 1. The lowest BCUT2D eigenvalue weighted by Crippen LogP contribution is -2.54. The Morgan fingerprint density at radius 2 is 1.64 bits per heavy atom. The van der Waals surface area contributed by atoms with Gasteiger partial charge >= 0.3 is 0 Å². The molecule has 15 nitrogen and oxygen atoms in total. The number of carbonyl (C=O) groups excluding carboxylic acids is 2. The summed E-state index contributed by atoms with van der Waals surface area (Å²) in [4.78, 5) is 50.1. The molecule has 5 heterocycles. The number of fused-ring (bicyclic) bond motifs is 1. The van der Waals surface area contributed by atoms with Gasteiger partial charge in [0.15, 0.2) is 0 Å². The molecule has 1 aliphatic carbocycles. The smallest absolute Gasteiger partial charge is 0.234 e. The molecular weight excluding hydrogens is 917 g/mol. The topological polar surface area (TPSA) is 170 Å². The van der Waals surface area contributed by atoms with E-state index in [0.29, 0.717) is 63.1 Å². The third kappa shape index (κ3) is 10.4. The van der Waals surface area contributed by atoms with Gasteiger partial charge in [0, 0.05) is 101 Å². The summed E-state index contributed by atoms with van der Waals surface area (Å²) in [6, 6.07) is 16.8. The van der Waals surface area contributed by atoms with Crippen molar-refractivity contribution < 1.29 is 18.9 Å². The number of amides is 2. The molecule has 0 bridgehead atoms. The molecule has 3 aromatic carbocycles. The molecule has 1 saturated carbocycles. The van der Waals surface area contributed by atoms with Crippen LogP contribution in [-0.2, 0) is 20.6 Å². The first-order valence-corrected chi connectivity index (χ1v) is 26.8. The predicted octanol–water partition coefficient (Wildman–Crippen LogP) is 7.73. The molecule has 3 aliphatic heterocycles. The van der Waals surface area contributed by atoms with E-state index in [1.807, 2.05) is 24.3 Å². The number of anilines is 6. The van der Waals surface area contributed by atoms with Crippen LogP contribution in [0.3, 0.4) is 0 Å². The van der Waals surface area contributed by atoms with Gasteiger partial charge in [0.1, 0.15) is 24.2 Å². The summed E-state index contributed by atoms with van der Waals surface area (Å²) in [5.41, 5.74) is 7.24. The molecule has 2 aromatic heterocycles. The lowest BCUT2D eigenvalue weighted by Gasteiger charge is -2.45. The molecule has 5 aromatic rings. The second-order valence-corrected chi connectivity index (χ2v) is 22.7. The molecule has 0 radical (unpaired) electrons. The SMILES string of the molecule is CCc1cc(Nc2ncc(Br)c(Nc3ccc4nccnc4c3P(C)(C)=O)n2)c(OC)cc1N1CCC(N2CCN(CC3CC(CNc4ccc(C5CCC(=O)NC5=O)cc4)C3)CC2)CC1. The summed E-state index contributed by atoms with van der Waals surface area (Å²) in [6.45, 7) is 14.4. The first kappa shape index (κ1) is 46.0. The summed E-state index contributed by atoms with van der Waals surface area (Å²) < 4.78 is 20.2. The van der Waals surface area contributed by atoms with E-state index in [1.165, 1.54) is 30.6 Å². The Balaban J connectivity index is 0.741. The second-order valence-electron chi connectivity index (χ2n) is 18.7. The van der Waals surface area contributed by atoms with Crippen LogP contribution in [0, 0.1) is 11.8 Å². The Morgan fingerprint density at radius 1 is 0.879 bits per heavy atom. The number of nitrogens with one attached hydrogen (secondary N) is 4. The van der Waals surface area contributed by atoms with Crippen LogP contribution in [-0.4, -0.2) is 120 Å². The Bertz CT molecular complexity index is 2610. The Hall–Kier alpha value is -5.15. The fourth-order valence-corrected chi connectivity index (χ4v) is 12.0. The minimum atomic E-state index is -2.76. The number of piperazine rings is 1. The second kappa shape index (κ2) is 20.0. The highest BCUT2D eigenvalue weighted by atomic mass is 79.9. The Labute approximate surface area is 395 Å². The van der Waals surface area contributed by atoms with Crippen molar-refractivity contribution in [3.05, 3.63) is 82.7 Å². The van der Waals surface area contributed by atoms with Crippen molar-refractivity contribution >= 4 is 85.7 Å². The van der Waals surface area contributed by atoms with E-state index in [1.54, 1.807) is 39.0 Å². The number of hydrogen-bond donors (Lipinski definition) is 4. The maximum absolute atomic E-state index is 13.5. The molecule has 66 heavy (non-hydrogen) atoms. The number of aryl methyl sites for hydroxylation is 1. The number of ether oxygens (including phenoxy) is 1. The number of carbonyl (C=O) groups is 2. The van der Waals surface area contributed by atoms with Crippen molar-refractivity contribution in [3.63, 3.8) is 0 Å².